The molecule has 1 aromatic rings. The van der Waals surface area contributed by atoms with Gasteiger partial charge < -0.3 is 14.8 Å². The molecule has 3 heteroatoms. The fourth-order valence-corrected chi connectivity index (χ4v) is 2.68. The van der Waals surface area contributed by atoms with Crippen LogP contribution >= 0.6 is 0 Å². The normalized spacial score (nSPS) is 19.6. The third-order valence-corrected chi connectivity index (χ3v) is 3.71. The summed E-state index contributed by atoms with van der Waals surface area (Å²) in [4.78, 5) is 0. The van der Waals surface area contributed by atoms with E-state index in [1.54, 1.807) is 14.2 Å². The highest BCUT2D eigenvalue weighted by Crippen LogP contribution is 2.31. The van der Waals surface area contributed by atoms with Crippen molar-refractivity contribution in [2.45, 2.75) is 26.2 Å². The topological polar surface area (TPSA) is 30.5 Å². The minimum atomic E-state index is 0.708. The van der Waals surface area contributed by atoms with Crippen LogP contribution in [0, 0.1) is 12.8 Å². The Kier molecular flexibility index (Phi) is 4.48. The van der Waals surface area contributed by atoms with E-state index in [9.17, 15) is 0 Å². The maximum absolute atomic E-state index is 5.49. The molecule has 1 saturated heterocycles. The van der Waals surface area contributed by atoms with Gasteiger partial charge in [0, 0.05) is 0 Å². The minimum absolute atomic E-state index is 0.708. The van der Waals surface area contributed by atoms with E-state index in [0.29, 0.717) is 5.92 Å². The van der Waals surface area contributed by atoms with Crippen molar-refractivity contribution >= 4 is 0 Å². The molecule has 0 aromatic heterocycles. The largest absolute Gasteiger partial charge is 0.496 e. The Hall–Kier alpha value is -1.22. The number of methoxy groups -OCH3 is 2. The Morgan fingerprint density at radius 1 is 1.22 bits per heavy atom. The standard InChI is InChI=1S/C15H23NO2/c1-11-7-15(18-3)13(9-14(11)17-2)8-12-5-4-6-16-10-12/h7,9,12,16H,4-6,8,10H2,1-3H3. The average Bonchev–Trinajstić information content (AvgIpc) is 2.41. The van der Waals surface area contributed by atoms with Gasteiger partial charge in [-0.2, -0.15) is 0 Å². The number of hydrogen-bond donors (Lipinski definition) is 1. The van der Waals surface area contributed by atoms with E-state index >= 15 is 0 Å². The lowest BCUT2D eigenvalue weighted by Gasteiger charge is -2.24. The van der Waals surface area contributed by atoms with Gasteiger partial charge in [0.25, 0.3) is 0 Å². The van der Waals surface area contributed by atoms with Crippen molar-refractivity contribution in [3.63, 3.8) is 0 Å². The van der Waals surface area contributed by atoms with Gasteiger partial charge >= 0.3 is 0 Å². The van der Waals surface area contributed by atoms with Crippen LogP contribution in [-0.2, 0) is 6.42 Å². The summed E-state index contributed by atoms with van der Waals surface area (Å²) >= 11 is 0. The molecule has 0 spiro atoms. The lowest BCUT2D eigenvalue weighted by Crippen LogP contribution is -2.30. The van der Waals surface area contributed by atoms with E-state index in [-0.39, 0.29) is 0 Å². The van der Waals surface area contributed by atoms with Crippen LogP contribution in [0.5, 0.6) is 11.5 Å². The Bertz CT molecular complexity index is 398. The van der Waals surface area contributed by atoms with Crippen molar-refractivity contribution in [3.05, 3.63) is 23.3 Å². The molecule has 100 valence electrons. The van der Waals surface area contributed by atoms with E-state index in [1.807, 2.05) is 6.92 Å². The molecule has 2 rings (SSSR count). The maximum Gasteiger partial charge on any atom is 0.122 e. The van der Waals surface area contributed by atoms with Gasteiger partial charge in [-0.05, 0) is 68.5 Å². The van der Waals surface area contributed by atoms with Gasteiger partial charge in [0.2, 0.25) is 0 Å². The molecule has 3 nitrogen and oxygen atoms in total. The van der Waals surface area contributed by atoms with Crippen LogP contribution in [0.4, 0.5) is 0 Å². The lowest BCUT2D eigenvalue weighted by molar-refractivity contribution is 0.361. The zero-order valence-corrected chi connectivity index (χ0v) is 11.6. The van der Waals surface area contributed by atoms with E-state index in [1.165, 1.54) is 18.4 Å². The van der Waals surface area contributed by atoms with Crippen LogP contribution in [0.1, 0.15) is 24.0 Å². The first-order chi connectivity index (χ1) is 8.74. The summed E-state index contributed by atoms with van der Waals surface area (Å²) in [5.41, 5.74) is 2.38. The number of nitrogens with one attached hydrogen (secondary N) is 1. The number of ether oxygens (including phenoxy) is 2. The first-order valence-electron chi connectivity index (χ1n) is 6.66. The molecular formula is C15H23NO2. The molecule has 1 atom stereocenters. The van der Waals surface area contributed by atoms with Crippen molar-refractivity contribution in [2.75, 3.05) is 27.3 Å². The summed E-state index contributed by atoms with van der Waals surface area (Å²) in [6, 6.07) is 4.20. The Morgan fingerprint density at radius 2 is 2.00 bits per heavy atom. The smallest absolute Gasteiger partial charge is 0.122 e. The number of piperidine rings is 1. The molecule has 0 aliphatic carbocycles. The van der Waals surface area contributed by atoms with Crippen molar-refractivity contribution in [1.29, 1.82) is 0 Å². The second-order valence-corrected chi connectivity index (χ2v) is 5.05. The number of benzene rings is 1. The number of aryl methyl sites for hydroxylation is 1. The van der Waals surface area contributed by atoms with Crippen LogP contribution in [0.3, 0.4) is 0 Å². The predicted molar refractivity (Wildman–Crippen MR) is 73.6 cm³/mol. The molecule has 1 heterocycles. The SMILES string of the molecule is COc1cc(CC2CCCNC2)c(OC)cc1C. The molecule has 0 bridgehead atoms. The summed E-state index contributed by atoms with van der Waals surface area (Å²) in [7, 11) is 3.46. The second kappa shape index (κ2) is 6.10. The first kappa shape index (κ1) is 13.2. The summed E-state index contributed by atoms with van der Waals surface area (Å²) in [6.45, 7) is 4.32. The molecule has 1 aliphatic rings. The van der Waals surface area contributed by atoms with Crippen molar-refractivity contribution in [3.8, 4) is 11.5 Å². The zero-order chi connectivity index (χ0) is 13.0. The third-order valence-electron chi connectivity index (χ3n) is 3.71. The van der Waals surface area contributed by atoms with Crippen LogP contribution in [0.2, 0.25) is 0 Å². The fraction of sp³-hybridized carbons (Fsp3) is 0.600. The number of rotatable bonds is 4. The summed E-state index contributed by atoms with van der Waals surface area (Å²) in [6.07, 6.45) is 3.63. The molecule has 18 heavy (non-hydrogen) atoms. The van der Waals surface area contributed by atoms with Gasteiger partial charge in [0.1, 0.15) is 11.5 Å². The molecule has 1 fully saturated rings. The van der Waals surface area contributed by atoms with Crippen LogP contribution < -0.4 is 14.8 Å². The predicted octanol–water partition coefficient (Wildman–Crippen LogP) is 2.55. The average molecular weight is 249 g/mol. The molecular weight excluding hydrogens is 226 g/mol. The van der Waals surface area contributed by atoms with Crippen LogP contribution in [0.25, 0.3) is 0 Å². The quantitative estimate of drug-likeness (QED) is 0.889. The highest BCUT2D eigenvalue weighted by Gasteiger charge is 2.17. The van der Waals surface area contributed by atoms with Gasteiger partial charge in [-0.15, -0.1) is 0 Å². The molecule has 1 aliphatic heterocycles. The summed E-state index contributed by atoms with van der Waals surface area (Å²) in [5.74, 6) is 2.65. The molecule has 1 aromatic carbocycles. The summed E-state index contributed by atoms with van der Waals surface area (Å²) in [5, 5.41) is 3.46. The highest BCUT2D eigenvalue weighted by atomic mass is 16.5. The number of hydrogen-bond acceptors (Lipinski definition) is 3. The molecule has 0 radical (unpaired) electrons. The van der Waals surface area contributed by atoms with Gasteiger partial charge in [-0.3, -0.25) is 0 Å². The maximum atomic E-state index is 5.49. The van der Waals surface area contributed by atoms with E-state index in [2.05, 4.69) is 17.4 Å². The van der Waals surface area contributed by atoms with E-state index in [0.717, 1.165) is 36.6 Å². The molecule has 1 N–H and O–H groups in total. The van der Waals surface area contributed by atoms with Gasteiger partial charge in [0.05, 0.1) is 14.2 Å². The highest BCUT2D eigenvalue weighted by molar-refractivity contribution is 5.46. The lowest BCUT2D eigenvalue weighted by atomic mass is 9.91. The Labute approximate surface area is 109 Å². The first-order valence-corrected chi connectivity index (χ1v) is 6.66. The van der Waals surface area contributed by atoms with Crippen molar-refractivity contribution < 1.29 is 9.47 Å². The van der Waals surface area contributed by atoms with Gasteiger partial charge in [-0.1, -0.05) is 0 Å². The van der Waals surface area contributed by atoms with Crippen molar-refractivity contribution in [1.82, 2.24) is 5.32 Å². The summed E-state index contributed by atoms with van der Waals surface area (Å²) < 4.78 is 10.9. The third kappa shape index (κ3) is 2.96. The second-order valence-electron chi connectivity index (χ2n) is 5.05. The zero-order valence-electron chi connectivity index (χ0n) is 11.6. The van der Waals surface area contributed by atoms with Crippen LogP contribution in [0.15, 0.2) is 12.1 Å². The van der Waals surface area contributed by atoms with Gasteiger partial charge in [-0.25, -0.2) is 0 Å². The Morgan fingerprint density at radius 3 is 2.61 bits per heavy atom. The molecule has 0 amide bonds. The van der Waals surface area contributed by atoms with Crippen molar-refractivity contribution in [2.24, 2.45) is 5.92 Å². The molecule has 1 unspecified atom stereocenters. The monoisotopic (exact) mass is 249 g/mol. The van der Waals surface area contributed by atoms with Crippen LogP contribution in [-0.4, -0.2) is 27.3 Å². The molecule has 0 saturated carbocycles. The van der Waals surface area contributed by atoms with E-state index in [4.69, 9.17) is 9.47 Å². The fourth-order valence-electron chi connectivity index (χ4n) is 2.68. The van der Waals surface area contributed by atoms with Gasteiger partial charge in [0.15, 0.2) is 0 Å². The van der Waals surface area contributed by atoms with E-state index < -0.39 is 0 Å². The Balaban J connectivity index is 2.18. The minimum Gasteiger partial charge on any atom is -0.496 e.